The van der Waals surface area contributed by atoms with Crippen molar-refractivity contribution in [3.8, 4) is 5.75 Å². The Morgan fingerprint density at radius 3 is 2.19 bits per heavy atom. The normalized spacial score (nSPS) is 13.5. The molecule has 8 nitrogen and oxygen atoms in total. The van der Waals surface area contributed by atoms with Crippen LogP contribution in [0.5, 0.6) is 5.75 Å². The number of nitrogens with one attached hydrogen (secondary N) is 2. The number of anilines is 1. The number of nitrogens with zero attached hydrogens (tertiary/aromatic N) is 1. The Hall–Kier alpha value is -3.55. The summed E-state index contributed by atoms with van der Waals surface area (Å²) >= 11 is 0. The van der Waals surface area contributed by atoms with Crippen LogP contribution in [0.15, 0.2) is 42.5 Å². The summed E-state index contributed by atoms with van der Waals surface area (Å²) in [6.07, 6.45) is 3.73. The molecule has 0 fully saturated rings. The lowest BCUT2D eigenvalue weighted by Gasteiger charge is -2.36. The smallest absolute Gasteiger partial charge is 0.408 e. The van der Waals surface area contributed by atoms with E-state index in [4.69, 9.17) is 9.47 Å². The number of alkyl carbamates (subject to hydrolysis) is 1. The summed E-state index contributed by atoms with van der Waals surface area (Å²) in [5, 5.41) is 5.87. The monoisotopic (exact) mass is 581 g/mol. The van der Waals surface area contributed by atoms with Gasteiger partial charge in [0, 0.05) is 12.2 Å². The van der Waals surface area contributed by atoms with Crippen molar-refractivity contribution < 1.29 is 23.9 Å². The van der Waals surface area contributed by atoms with E-state index in [9.17, 15) is 14.4 Å². The number of carbonyl (C=O) groups excluding carboxylic acids is 3. The number of unbranched alkanes of at least 4 members (excludes halogenated alkanes) is 3. The summed E-state index contributed by atoms with van der Waals surface area (Å²) in [5.41, 5.74) is 2.53. The summed E-state index contributed by atoms with van der Waals surface area (Å²) in [4.78, 5) is 43.3. The Morgan fingerprint density at radius 1 is 0.952 bits per heavy atom. The summed E-state index contributed by atoms with van der Waals surface area (Å²) in [6.45, 7) is 15.7. The minimum atomic E-state index is -0.909. The minimum Gasteiger partial charge on any atom is -0.497 e. The molecule has 0 aromatic heterocycles. The van der Waals surface area contributed by atoms with Gasteiger partial charge in [-0.25, -0.2) is 4.79 Å². The highest BCUT2D eigenvalue weighted by atomic mass is 16.6. The van der Waals surface area contributed by atoms with E-state index in [2.05, 4.69) is 17.6 Å². The molecule has 3 amide bonds. The number of hydrogen-bond acceptors (Lipinski definition) is 5. The lowest BCUT2D eigenvalue weighted by atomic mass is 9.93. The van der Waals surface area contributed by atoms with Crippen LogP contribution < -0.4 is 15.4 Å². The predicted molar refractivity (Wildman–Crippen MR) is 169 cm³/mol. The van der Waals surface area contributed by atoms with Gasteiger partial charge in [0.1, 0.15) is 23.4 Å². The van der Waals surface area contributed by atoms with Gasteiger partial charge in [-0.1, -0.05) is 70.2 Å². The third-order valence-electron chi connectivity index (χ3n) is 7.33. The molecule has 0 aliphatic rings. The van der Waals surface area contributed by atoms with E-state index in [1.165, 1.54) is 0 Å². The first-order chi connectivity index (χ1) is 19.8. The fourth-order valence-corrected chi connectivity index (χ4v) is 4.76. The van der Waals surface area contributed by atoms with Crippen LogP contribution in [0.25, 0.3) is 0 Å². The van der Waals surface area contributed by atoms with Crippen molar-refractivity contribution in [1.29, 1.82) is 0 Å². The molecule has 0 aliphatic carbocycles. The molecule has 2 N–H and O–H groups in total. The average molecular weight is 582 g/mol. The first-order valence-corrected chi connectivity index (χ1v) is 15.1. The molecule has 2 rings (SSSR count). The number of ether oxygens (including phenoxy) is 2. The van der Waals surface area contributed by atoms with E-state index >= 15 is 0 Å². The number of amides is 3. The number of carbonyl (C=O) groups is 3. The van der Waals surface area contributed by atoms with E-state index in [-0.39, 0.29) is 17.7 Å². The van der Waals surface area contributed by atoms with Crippen molar-refractivity contribution >= 4 is 23.6 Å². The van der Waals surface area contributed by atoms with Crippen LogP contribution in [0, 0.1) is 19.8 Å². The molecule has 232 valence electrons. The maximum atomic E-state index is 14.5. The number of methoxy groups -OCH3 is 1. The van der Waals surface area contributed by atoms with Gasteiger partial charge in [-0.05, 0) is 82.3 Å². The standard InChI is InChI=1S/C34H51N3O5/c1-10-12-13-14-21-37(32(39)29(24(4)11-2)36-33(40)42-34(6,7)8)30(28-22-23(3)15-16-25(28)5)31(38)35-26-17-19-27(41-9)20-18-26/h15-20,22,24,29-30H,10-14,21H2,1-9H3,(H,35,38)(H,36,40). The van der Waals surface area contributed by atoms with Crippen LogP contribution in [0.1, 0.15) is 96.4 Å². The minimum absolute atomic E-state index is 0.188. The van der Waals surface area contributed by atoms with Crippen LogP contribution in [0.4, 0.5) is 10.5 Å². The summed E-state index contributed by atoms with van der Waals surface area (Å²) in [5.74, 6) is -0.135. The second-order valence-electron chi connectivity index (χ2n) is 12.1. The third kappa shape index (κ3) is 10.4. The van der Waals surface area contributed by atoms with Gasteiger partial charge in [0.05, 0.1) is 7.11 Å². The molecule has 2 aromatic carbocycles. The first-order valence-electron chi connectivity index (χ1n) is 15.1. The molecule has 0 spiro atoms. The van der Waals surface area contributed by atoms with Crippen molar-refractivity contribution in [2.24, 2.45) is 5.92 Å². The molecule has 0 aliphatic heterocycles. The molecule has 0 saturated carbocycles. The first kappa shape index (κ1) is 34.7. The van der Waals surface area contributed by atoms with E-state index in [0.717, 1.165) is 42.4 Å². The number of benzene rings is 2. The van der Waals surface area contributed by atoms with Crippen LogP contribution in [-0.2, 0) is 14.3 Å². The number of rotatable bonds is 14. The zero-order valence-electron chi connectivity index (χ0n) is 27.0. The highest BCUT2D eigenvalue weighted by Gasteiger charge is 2.38. The Kier molecular flexibility index (Phi) is 13.4. The summed E-state index contributed by atoms with van der Waals surface area (Å²) in [7, 11) is 1.59. The predicted octanol–water partition coefficient (Wildman–Crippen LogP) is 7.34. The van der Waals surface area contributed by atoms with Gasteiger partial charge in [0.15, 0.2) is 0 Å². The molecule has 3 unspecified atom stereocenters. The fourth-order valence-electron chi connectivity index (χ4n) is 4.76. The Labute approximate surface area is 252 Å². The third-order valence-corrected chi connectivity index (χ3v) is 7.33. The molecule has 42 heavy (non-hydrogen) atoms. The lowest BCUT2D eigenvalue weighted by Crippen LogP contribution is -2.55. The number of aryl methyl sites for hydroxylation is 2. The second kappa shape index (κ2) is 16.2. The lowest BCUT2D eigenvalue weighted by molar-refractivity contribution is -0.142. The van der Waals surface area contributed by atoms with Crippen molar-refractivity contribution in [3.05, 3.63) is 59.2 Å². The maximum absolute atomic E-state index is 14.5. The van der Waals surface area contributed by atoms with Crippen LogP contribution in [0.2, 0.25) is 0 Å². The Balaban J connectivity index is 2.60. The Bertz CT molecular complexity index is 1170. The second-order valence-corrected chi connectivity index (χ2v) is 12.1. The molecule has 8 heteroatoms. The quantitative estimate of drug-likeness (QED) is 0.228. The van der Waals surface area contributed by atoms with Crippen molar-refractivity contribution in [2.75, 3.05) is 19.0 Å². The molecule has 2 aromatic rings. The SMILES string of the molecule is CCCCCCN(C(=O)C(NC(=O)OC(C)(C)C)C(C)CC)C(C(=O)Nc1ccc(OC)cc1)c1cc(C)ccc1C. The van der Waals surface area contributed by atoms with E-state index < -0.39 is 23.8 Å². The zero-order chi connectivity index (χ0) is 31.4. The fraction of sp³-hybridized carbons (Fsp3) is 0.559. The molecular formula is C34H51N3O5. The van der Waals surface area contributed by atoms with Gasteiger partial charge in [-0.3, -0.25) is 9.59 Å². The molecule has 3 atom stereocenters. The largest absolute Gasteiger partial charge is 0.497 e. The summed E-state index contributed by atoms with van der Waals surface area (Å²) in [6, 6.07) is 11.3. The topological polar surface area (TPSA) is 97.0 Å². The maximum Gasteiger partial charge on any atom is 0.408 e. The van der Waals surface area contributed by atoms with Gasteiger partial charge in [-0.15, -0.1) is 0 Å². The van der Waals surface area contributed by atoms with Gasteiger partial charge in [-0.2, -0.15) is 0 Å². The highest BCUT2D eigenvalue weighted by molar-refractivity contribution is 5.99. The van der Waals surface area contributed by atoms with Crippen LogP contribution >= 0.6 is 0 Å². The van der Waals surface area contributed by atoms with Gasteiger partial charge in [0.2, 0.25) is 5.91 Å². The zero-order valence-corrected chi connectivity index (χ0v) is 27.0. The van der Waals surface area contributed by atoms with Crippen molar-refractivity contribution in [3.63, 3.8) is 0 Å². The van der Waals surface area contributed by atoms with Crippen LogP contribution in [0.3, 0.4) is 0 Å². The van der Waals surface area contributed by atoms with Crippen molar-refractivity contribution in [1.82, 2.24) is 10.2 Å². The van der Waals surface area contributed by atoms with E-state index in [1.54, 1.807) is 57.0 Å². The molecular weight excluding hydrogens is 530 g/mol. The molecule has 0 bridgehead atoms. The molecule has 0 saturated heterocycles. The average Bonchev–Trinajstić information content (AvgIpc) is 2.93. The summed E-state index contributed by atoms with van der Waals surface area (Å²) < 4.78 is 10.8. The molecule has 0 heterocycles. The van der Waals surface area contributed by atoms with Gasteiger partial charge in [0.25, 0.3) is 5.91 Å². The Morgan fingerprint density at radius 2 is 1.62 bits per heavy atom. The van der Waals surface area contributed by atoms with E-state index in [1.807, 2.05) is 45.9 Å². The van der Waals surface area contributed by atoms with Gasteiger partial charge >= 0.3 is 6.09 Å². The van der Waals surface area contributed by atoms with Crippen LogP contribution in [-0.4, -0.2) is 48.1 Å². The van der Waals surface area contributed by atoms with Gasteiger partial charge < -0.3 is 25.0 Å². The van der Waals surface area contributed by atoms with E-state index in [0.29, 0.717) is 24.4 Å². The molecule has 0 radical (unpaired) electrons. The highest BCUT2D eigenvalue weighted by Crippen LogP contribution is 2.30. The number of hydrogen-bond donors (Lipinski definition) is 2. The van der Waals surface area contributed by atoms with Crippen molar-refractivity contribution in [2.45, 2.75) is 105 Å².